The molecular formula is C10H11IN2O6. The number of anilines is 1. The SMILES string of the molecule is O=C(O)c1cc([N+](=O)[O-])cc(I)c1NCC(O)CO. The van der Waals surface area contributed by atoms with Crippen LogP contribution in [0.15, 0.2) is 12.1 Å². The Labute approximate surface area is 121 Å². The predicted molar refractivity (Wildman–Crippen MR) is 74.4 cm³/mol. The molecule has 9 heteroatoms. The van der Waals surface area contributed by atoms with Crippen LogP contribution < -0.4 is 5.32 Å². The number of aromatic carboxylic acids is 1. The van der Waals surface area contributed by atoms with Gasteiger partial charge in [0.05, 0.1) is 28.9 Å². The van der Waals surface area contributed by atoms with Crippen molar-refractivity contribution in [2.45, 2.75) is 6.10 Å². The molecule has 1 unspecified atom stereocenters. The average molecular weight is 382 g/mol. The summed E-state index contributed by atoms with van der Waals surface area (Å²) >= 11 is 1.76. The summed E-state index contributed by atoms with van der Waals surface area (Å²) < 4.78 is 0.342. The topological polar surface area (TPSA) is 133 Å². The van der Waals surface area contributed by atoms with Gasteiger partial charge >= 0.3 is 5.97 Å². The van der Waals surface area contributed by atoms with Crippen LogP contribution >= 0.6 is 22.6 Å². The molecule has 0 spiro atoms. The van der Waals surface area contributed by atoms with Gasteiger partial charge in [-0.15, -0.1) is 0 Å². The van der Waals surface area contributed by atoms with Crippen molar-refractivity contribution in [1.82, 2.24) is 0 Å². The maximum absolute atomic E-state index is 11.1. The molecule has 0 fully saturated rings. The molecule has 0 amide bonds. The molecule has 8 nitrogen and oxygen atoms in total. The fourth-order valence-electron chi connectivity index (χ4n) is 1.33. The molecule has 1 aromatic carbocycles. The molecule has 4 N–H and O–H groups in total. The highest BCUT2D eigenvalue weighted by atomic mass is 127. The van der Waals surface area contributed by atoms with Crippen molar-refractivity contribution in [1.29, 1.82) is 0 Å². The normalized spacial score (nSPS) is 11.9. The number of aliphatic hydroxyl groups excluding tert-OH is 2. The van der Waals surface area contributed by atoms with E-state index in [0.29, 0.717) is 3.57 Å². The summed E-state index contributed by atoms with van der Waals surface area (Å²) in [6, 6.07) is 2.17. The van der Waals surface area contributed by atoms with Gasteiger partial charge in [0.15, 0.2) is 0 Å². The Balaban J connectivity index is 3.15. The first-order valence-corrected chi connectivity index (χ1v) is 6.18. The zero-order valence-corrected chi connectivity index (χ0v) is 11.7. The monoisotopic (exact) mass is 382 g/mol. The van der Waals surface area contributed by atoms with Gasteiger partial charge in [0.1, 0.15) is 0 Å². The lowest BCUT2D eigenvalue weighted by molar-refractivity contribution is -0.385. The largest absolute Gasteiger partial charge is 0.478 e. The number of nitrogens with zero attached hydrogens (tertiary/aromatic N) is 1. The summed E-state index contributed by atoms with van der Waals surface area (Å²) in [5, 5.41) is 40.3. The minimum Gasteiger partial charge on any atom is -0.478 e. The summed E-state index contributed by atoms with van der Waals surface area (Å²) in [4.78, 5) is 21.1. The Bertz CT molecular complexity index is 507. The number of hydrogen-bond acceptors (Lipinski definition) is 6. The maximum Gasteiger partial charge on any atom is 0.338 e. The van der Waals surface area contributed by atoms with Crippen molar-refractivity contribution in [3.63, 3.8) is 0 Å². The third kappa shape index (κ3) is 4.01. The van der Waals surface area contributed by atoms with E-state index >= 15 is 0 Å². The molecule has 1 atom stereocenters. The minimum atomic E-state index is -1.32. The molecule has 0 saturated heterocycles. The number of nitrogens with one attached hydrogen (secondary N) is 1. The highest BCUT2D eigenvalue weighted by Crippen LogP contribution is 2.28. The first kappa shape index (κ1) is 15.6. The third-order valence-corrected chi connectivity index (χ3v) is 3.09. The van der Waals surface area contributed by atoms with E-state index in [1.807, 2.05) is 0 Å². The van der Waals surface area contributed by atoms with Crippen LogP contribution in [0.3, 0.4) is 0 Å². The first-order chi connectivity index (χ1) is 8.86. The van der Waals surface area contributed by atoms with Crippen molar-refractivity contribution >= 4 is 39.9 Å². The zero-order valence-electron chi connectivity index (χ0n) is 9.54. The van der Waals surface area contributed by atoms with E-state index in [1.54, 1.807) is 22.6 Å². The number of carbonyl (C=O) groups is 1. The first-order valence-electron chi connectivity index (χ1n) is 5.10. The Morgan fingerprint density at radius 2 is 2.16 bits per heavy atom. The third-order valence-electron chi connectivity index (χ3n) is 2.24. The van der Waals surface area contributed by atoms with Crippen LogP contribution in [-0.4, -0.2) is 45.5 Å². The van der Waals surface area contributed by atoms with Gasteiger partial charge in [0, 0.05) is 22.2 Å². The van der Waals surface area contributed by atoms with Crippen molar-refractivity contribution < 1.29 is 25.0 Å². The van der Waals surface area contributed by atoms with E-state index in [-0.39, 0.29) is 23.5 Å². The lowest BCUT2D eigenvalue weighted by Crippen LogP contribution is -2.24. The fourth-order valence-corrected chi connectivity index (χ4v) is 2.13. The average Bonchev–Trinajstić information content (AvgIpc) is 2.35. The van der Waals surface area contributed by atoms with Gasteiger partial charge in [-0.25, -0.2) is 4.79 Å². The number of carboxylic acid groups (broad SMARTS) is 1. The van der Waals surface area contributed by atoms with Crippen LogP contribution in [0.4, 0.5) is 11.4 Å². The molecule has 0 aromatic heterocycles. The Morgan fingerprint density at radius 3 is 2.63 bits per heavy atom. The number of rotatable bonds is 6. The van der Waals surface area contributed by atoms with E-state index in [4.69, 9.17) is 10.2 Å². The molecule has 0 radical (unpaired) electrons. The van der Waals surface area contributed by atoms with E-state index in [2.05, 4.69) is 5.32 Å². The van der Waals surface area contributed by atoms with Gasteiger partial charge in [0.2, 0.25) is 0 Å². The molecule has 1 rings (SSSR count). The quantitative estimate of drug-likeness (QED) is 0.323. The van der Waals surface area contributed by atoms with Gasteiger partial charge in [0.25, 0.3) is 5.69 Å². The molecule has 104 valence electrons. The predicted octanol–water partition coefficient (Wildman–Crippen LogP) is 0.663. The molecule has 0 heterocycles. The number of halogens is 1. The highest BCUT2D eigenvalue weighted by molar-refractivity contribution is 14.1. The highest BCUT2D eigenvalue weighted by Gasteiger charge is 2.20. The summed E-state index contributed by atoms with van der Waals surface area (Å²) in [6.45, 7) is -0.538. The van der Waals surface area contributed by atoms with Gasteiger partial charge in [-0.3, -0.25) is 10.1 Å². The van der Waals surface area contributed by atoms with Crippen LogP contribution in [0, 0.1) is 13.7 Å². The van der Waals surface area contributed by atoms with Gasteiger partial charge in [-0.05, 0) is 22.6 Å². The van der Waals surface area contributed by atoms with Crippen molar-refractivity contribution in [3.05, 3.63) is 31.4 Å². The van der Waals surface area contributed by atoms with Gasteiger partial charge in [-0.2, -0.15) is 0 Å². The number of aliphatic hydroxyl groups is 2. The van der Waals surface area contributed by atoms with Crippen LogP contribution in [0.5, 0.6) is 0 Å². The summed E-state index contributed by atoms with van der Waals surface area (Å²) in [5.41, 5.74) is -0.412. The van der Waals surface area contributed by atoms with E-state index in [0.717, 1.165) is 6.07 Å². The maximum atomic E-state index is 11.1. The molecule has 0 saturated carbocycles. The summed E-state index contributed by atoms with van der Waals surface area (Å²) in [6.07, 6.45) is -1.05. The second-order valence-electron chi connectivity index (χ2n) is 3.63. The molecule has 0 aliphatic carbocycles. The number of non-ortho nitro benzene ring substituents is 1. The van der Waals surface area contributed by atoms with Crippen molar-refractivity contribution in [2.75, 3.05) is 18.5 Å². The number of nitro groups is 1. The number of carboxylic acids is 1. The minimum absolute atomic E-state index is 0.0649. The molecule has 1 aromatic rings. The number of nitro benzene ring substituents is 1. The summed E-state index contributed by atoms with van der Waals surface area (Å²) in [7, 11) is 0. The fraction of sp³-hybridized carbons (Fsp3) is 0.300. The van der Waals surface area contributed by atoms with Crippen molar-refractivity contribution in [3.8, 4) is 0 Å². The lowest BCUT2D eigenvalue weighted by Gasteiger charge is -2.14. The lowest BCUT2D eigenvalue weighted by atomic mass is 10.1. The Kier molecular flexibility index (Phi) is 5.44. The van der Waals surface area contributed by atoms with E-state index in [9.17, 15) is 20.0 Å². The van der Waals surface area contributed by atoms with Crippen LogP contribution in [-0.2, 0) is 0 Å². The Hall–Kier alpha value is -1.46. The van der Waals surface area contributed by atoms with Crippen molar-refractivity contribution in [2.24, 2.45) is 0 Å². The van der Waals surface area contributed by atoms with E-state index < -0.39 is 23.6 Å². The van der Waals surface area contributed by atoms with Crippen LogP contribution in [0.2, 0.25) is 0 Å². The molecule has 0 bridgehead atoms. The number of benzene rings is 1. The summed E-state index contributed by atoms with van der Waals surface area (Å²) in [5.74, 6) is -1.32. The molecule has 19 heavy (non-hydrogen) atoms. The molecular weight excluding hydrogens is 371 g/mol. The van der Waals surface area contributed by atoms with Gasteiger partial charge < -0.3 is 20.6 Å². The van der Waals surface area contributed by atoms with E-state index in [1.165, 1.54) is 6.07 Å². The standard InChI is InChI=1S/C10H11IN2O6/c11-8-2-5(13(18)19)1-7(10(16)17)9(8)12-3-6(15)4-14/h1-2,6,12,14-15H,3-4H2,(H,16,17). The molecule has 0 aliphatic heterocycles. The van der Waals surface area contributed by atoms with Crippen LogP contribution in [0.1, 0.15) is 10.4 Å². The smallest absolute Gasteiger partial charge is 0.338 e. The van der Waals surface area contributed by atoms with Gasteiger partial charge in [-0.1, -0.05) is 0 Å². The number of hydrogen-bond donors (Lipinski definition) is 4. The molecule has 0 aliphatic rings. The second-order valence-corrected chi connectivity index (χ2v) is 4.79. The second kappa shape index (κ2) is 6.63. The Morgan fingerprint density at radius 1 is 1.53 bits per heavy atom. The zero-order chi connectivity index (χ0) is 14.6. The van der Waals surface area contributed by atoms with Crippen LogP contribution in [0.25, 0.3) is 0 Å².